The van der Waals surface area contributed by atoms with Crippen molar-refractivity contribution >= 4 is 11.7 Å². The van der Waals surface area contributed by atoms with Gasteiger partial charge in [0.2, 0.25) is 0 Å². The fourth-order valence-electron chi connectivity index (χ4n) is 2.44. The minimum atomic E-state index is -0.869. The van der Waals surface area contributed by atoms with E-state index in [0.717, 1.165) is 24.9 Å². The molecular weight excluding hydrogens is 230 g/mol. The minimum Gasteiger partial charge on any atom is -0.481 e. The Morgan fingerprint density at radius 1 is 1.50 bits per heavy atom. The van der Waals surface area contributed by atoms with Gasteiger partial charge in [0.1, 0.15) is 0 Å². The third-order valence-electron chi connectivity index (χ3n) is 3.47. The van der Waals surface area contributed by atoms with Gasteiger partial charge in [0.15, 0.2) is 0 Å². The van der Waals surface area contributed by atoms with Gasteiger partial charge in [-0.25, -0.2) is 0 Å². The molecule has 18 heavy (non-hydrogen) atoms. The van der Waals surface area contributed by atoms with E-state index >= 15 is 0 Å². The van der Waals surface area contributed by atoms with Crippen LogP contribution in [0, 0.1) is 0 Å². The molecule has 0 spiro atoms. The standard InChI is InChI=1S/C14H19NO3/c1-15-8-2-3-10-9-11(4-5-12(10)15)13(16)6-7-14(17)18/h4-5,9,13,16H,2-3,6-8H2,1H3,(H,17,18). The number of hydrogen-bond donors (Lipinski definition) is 2. The molecule has 1 aliphatic rings. The van der Waals surface area contributed by atoms with Gasteiger partial charge in [-0.1, -0.05) is 12.1 Å². The number of nitrogens with zero attached hydrogens (tertiary/aromatic N) is 1. The Morgan fingerprint density at radius 2 is 2.28 bits per heavy atom. The van der Waals surface area contributed by atoms with E-state index in [4.69, 9.17) is 5.11 Å². The summed E-state index contributed by atoms with van der Waals surface area (Å²) in [5.41, 5.74) is 3.29. The summed E-state index contributed by atoms with van der Waals surface area (Å²) in [5.74, 6) is -0.869. The second kappa shape index (κ2) is 5.40. The Labute approximate surface area is 107 Å². The van der Waals surface area contributed by atoms with Crippen LogP contribution in [-0.2, 0) is 11.2 Å². The fraction of sp³-hybridized carbons (Fsp3) is 0.500. The molecule has 0 aromatic heterocycles. The summed E-state index contributed by atoms with van der Waals surface area (Å²) in [6.07, 6.45) is 1.73. The third-order valence-corrected chi connectivity index (χ3v) is 3.47. The number of benzene rings is 1. The summed E-state index contributed by atoms with van der Waals surface area (Å²) >= 11 is 0. The minimum absolute atomic E-state index is 0.00183. The molecule has 1 atom stereocenters. The predicted octanol–water partition coefficient (Wildman–Crippen LogP) is 1.97. The van der Waals surface area contributed by atoms with Crippen LogP contribution in [-0.4, -0.2) is 29.8 Å². The number of fused-ring (bicyclic) bond motifs is 1. The largest absolute Gasteiger partial charge is 0.481 e. The highest BCUT2D eigenvalue weighted by atomic mass is 16.4. The second-order valence-electron chi connectivity index (χ2n) is 4.86. The number of aliphatic hydroxyl groups is 1. The van der Waals surface area contributed by atoms with Crippen LogP contribution in [0.2, 0.25) is 0 Å². The average molecular weight is 249 g/mol. The van der Waals surface area contributed by atoms with Crippen LogP contribution < -0.4 is 4.90 Å². The normalized spacial score (nSPS) is 16.2. The topological polar surface area (TPSA) is 60.8 Å². The van der Waals surface area contributed by atoms with Crippen molar-refractivity contribution in [3.05, 3.63) is 29.3 Å². The first-order valence-electron chi connectivity index (χ1n) is 6.32. The molecular formula is C14H19NO3. The highest BCUT2D eigenvalue weighted by Crippen LogP contribution is 2.29. The Morgan fingerprint density at radius 3 is 3.00 bits per heavy atom. The van der Waals surface area contributed by atoms with Gasteiger partial charge < -0.3 is 15.1 Å². The molecule has 2 N–H and O–H groups in total. The molecule has 0 fully saturated rings. The number of carboxylic acid groups (broad SMARTS) is 1. The zero-order valence-electron chi connectivity index (χ0n) is 10.6. The molecule has 1 aliphatic heterocycles. The van der Waals surface area contributed by atoms with Gasteiger partial charge in [-0.3, -0.25) is 4.79 Å². The number of aliphatic carboxylic acids is 1. The first kappa shape index (κ1) is 12.9. The Kier molecular flexibility index (Phi) is 3.87. The van der Waals surface area contributed by atoms with E-state index in [2.05, 4.69) is 11.9 Å². The van der Waals surface area contributed by atoms with Crippen molar-refractivity contribution in [3.63, 3.8) is 0 Å². The van der Waals surface area contributed by atoms with E-state index in [1.165, 1.54) is 11.3 Å². The smallest absolute Gasteiger partial charge is 0.303 e. The van der Waals surface area contributed by atoms with Crippen LogP contribution in [0.1, 0.15) is 36.5 Å². The van der Waals surface area contributed by atoms with E-state index in [1.807, 2.05) is 18.2 Å². The lowest BCUT2D eigenvalue weighted by Gasteiger charge is -2.28. The Balaban J connectivity index is 2.12. The summed E-state index contributed by atoms with van der Waals surface area (Å²) < 4.78 is 0. The molecule has 0 saturated carbocycles. The number of rotatable bonds is 4. The van der Waals surface area contributed by atoms with Crippen molar-refractivity contribution in [3.8, 4) is 0 Å². The van der Waals surface area contributed by atoms with E-state index in [1.54, 1.807) is 0 Å². The Hall–Kier alpha value is -1.55. The summed E-state index contributed by atoms with van der Waals surface area (Å²) in [7, 11) is 2.07. The van der Waals surface area contributed by atoms with Gasteiger partial charge in [0.25, 0.3) is 0 Å². The molecule has 2 rings (SSSR count). The van der Waals surface area contributed by atoms with Crippen LogP contribution in [0.3, 0.4) is 0 Å². The molecule has 1 heterocycles. The van der Waals surface area contributed by atoms with Crippen molar-refractivity contribution in [2.75, 3.05) is 18.5 Å². The van der Waals surface area contributed by atoms with E-state index < -0.39 is 12.1 Å². The monoisotopic (exact) mass is 249 g/mol. The van der Waals surface area contributed by atoms with Crippen molar-refractivity contribution in [2.45, 2.75) is 31.8 Å². The predicted molar refractivity (Wildman–Crippen MR) is 69.9 cm³/mol. The highest BCUT2D eigenvalue weighted by Gasteiger charge is 2.16. The number of carbonyl (C=O) groups is 1. The molecule has 1 aromatic carbocycles. The first-order chi connectivity index (χ1) is 8.58. The molecule has 0 bridgehead atoms. The summed E-state index contributed by atoms with van der Waals surface area (Å²) in [5, 5.41) is 18.6. The SMILES string of the molecule is CN1CCCc2cc(C(O)CCC(=O)O)ccc21. The lowest BCUT2D eigenvalue weighted by atomic mass is 9.96. The van der Waals surface area contributed by atoms with Crippen molar-refractivity contribution in [1.82, 2.24) is 0 Å². The summed E-state index contributed by atoms with van der Waals surface area (Å²) in [4.78, 5) is 12.7. The average Bonchev–Trinajstić information content (AvgIpc) is 2.35. The molecule has 98 valence electrons. The summed E-state index contributed by atoms with van der Waals surface area (Å²) in [6, 6.07) is 5.93. The van der Waals surface area contributed by atoms with Crippen molar-refractivity contribution in [2.24, 2.45) is 0 Å². The zero-order chi connectivity index (χ0) is 13.1. The number of aryl methyl sites for hydroxylation is 1. The number of carboxylic acids is 1. The van der Waals surface area contributed by atoms with E-state index in [-0.39, 0.29) is 12.8 Å². The van der Waals surface area contributed by atoms with Crippen LogP contribution in [0.5, 0.6) is 0 Å². The second-order valence-corrected chi connectivity index (χ2v) is 4.86. The molecule has 0 radical (unpaired) electrons. The van der Waals surface area contributed by atoms with E-state index in [0.29, 0.717) is 0 Å². The maximum absolute atomic E-state index is 10.5. The van der Waals surface area contributed by atoms with Crippen LogP contribution in [0.25, 0.3) is 0 Å². The first-order valence-corrected chi connectivity index (χ1v) is 6.32. The maximum Gasteiger partial charge on any atom is 0.303 e. The van der Waals surface area contributed by atoms with Crippen LogP contribution in [0.4, 0.5) is 5.69 Å². The van der Waals surface area contributed by atoms with Crippen molar-refractivity contribution in [1.29, 1.82) is 0 Å². The van der Waals surface area contributed by atoms with Gasteiger partial charge in [0, 0.05) is 25.7 Å². The van der Waals surface area contributed by atoms with Gasteiger partial charge in [-0.05, 0) is 36.5 Å². The number of aliphatic hydroxyl groups excluding tert-OH is 1. The Bertz CT molecular complexity index is 445. The summed E-state index contributed by atoms with van der Waals surface area (Å²) in [6.45, 7) is 1.06. The van der Waals surface area contributed by atoms with Crippen molar-refractivity contribution < 1.29 is 15.0 Å². The quantitative estimate of drug-likeness (QED) is 0.856. The molecule has 1 aromatic rings. The van der Waals surface area contributed by atoms with Crippen LogP contribution in [0.15, 0.2) is 18.2 Å². The third kappa shape index (κ3) is 2.82. The van der Waals surface area contributed by atoms with Gasteiger partial charge in [-0.15, -0.1) is 0 Å². The molecule has 0 amide bonds. The zero-order valence-corrected chi connectivity index (χ0v) is 10.6. The number of anilines is 1. The lowest BCUT2D eigenvalue weighted by Crippen LogP contribution is -2.24. The number of hydrogen-bond acceptors (Lipinski definition) is 3. The molecule has 4 nitrogen and oxygen atoms in total. The highest BCUT2D eigenvalue weighted by molar-refractivity contribution is 5.66. The molecule has 1 unspecified atom stereocenters. The molecule has 0 aliphatic carbocycles. The molecule has 0 saturated heterocycles. The molecule has 4 heteroatoms. The van der Waals surface area contributed by atoms with Gasteiger partial charge in [-0.2, -0.15) is 0 Å². The lowest BCUT2D eigenvalue weighted by molar-refractivity contribution is -0.137. The maximum atomic E-state index is 10.5. The van der Waals surface area contributed by atoms with Gasteiger partial charge in [0.05, 0.1) is 6.10 Å². The fourth-order valence-corrected chi connectivity index (χ4v) is 2.44. The van der Waals surface area contributed by atoms with Gasteiger partial charge >= 0.3 is 5.97 Å². The van der Waals surface area contributed by atoms with E-state index in [9.17, 15) is 9.90 Å². The van der Waals surface area contributed by atoms with Crippen LogP contribution >= 0.6 is 0 Å².